The van der Waals surface area contributed by atoms with Gasteiger partial charge in [0.2, 0.25) is 5.90 Å². The van der Waals surface area contributed by atoms with E-state index in [1.165, 1.54) is 7.11 Å². The first-order valence-electron chi connectivity index (χ1n) is 8.78. The van der Waals surface area contributed by atoms with Crippen molar-refractivity contribution in [2.75, 3.05) is 20.3 Å². The van der Waals surface area contributed by atoms with Gasteiger partial charge in [-0.05, 0) is 55.0 Å². The molecule has 2 aromatic carbocycles. The molecule has 0 radical (unpaired) electrons. The topological polar surface area (TPSA) is 104 Å². The van der Waals surface area contributed by atoms with Gasteiger partial charge in [0.25, 0.3) is 0 Å². The minimum absolute atomic E-state index is 0.134. The molecule has 0 spiro atoms. The molecule has 0 saturated carbocycles. The Morgan fingerprint density at radius 2 is 1.90 bits per heavy atom. The van der Waals surface area contributed by atoms with Gasteiger partial charge in [-0.2, -0.15) is 0 Å². The third-order valence-corrected chi connectivity index (χ3v) is 3.87. The van der Waals surface area contributed by atoms with E-state index in [2.05, 4.69) is 4.99 Å². The predicted molar refractivity (Wildman–Crippen MR) is 104 cm³/mol. The Morgan fingerprint density at radius 3 is 2.55 bits per heavy atom. The number of carboxylic acid groups (broad SMARTS) is 1. The minimum atomic E-state index is -1.09. The molecular formula is C21H19NO7. The van der Waals surface area contributed by atoms with Crippen LogP contribution >= 0.6 is 0 Å². The fourth-order valence-electron chi connectivity index (χ4n) is 2.58. The second-order valence-electron chi connectivity index (χ2n) is 5.89. The number of carbonyl (C=O) groups excluding carboxylic acids is 1. The number of aliphatic imine (C=N–C) groups is 1. The minimum Gasteiger partial charge on any atom is -0.494 e. The summed E-state index contributed by atoms with van der Waals surface area (Å²) >= 11 is 0. The molecule has 0 fully saturated rings. The van der Waals surface area contributed by atoms with Crippen LogP contribution in [0.15, 0.2) is 53.2 Å². The monoisotopic (exact) mass is 397 g/mol. The second kappa shape index (κ2) is 8.92. The molecule has 0 bridgehead atoms. The fourth-order valence-corrected chi connectivity index (χ4v) is 2.58. The van der Waals surface area contributed by atoms with Crippen LogP contribution in [-0.2, 0) is 14.3 Å². The number of esters is 1. The van der Waals surface area contributed by atoms with Crippen molar-refractivity contribution < 1.29 is 33.6 Å². The van der Waals surface area contributed by atoms with Gasteiger partial charge in [-0.1, -0.05) is 6.07 Å². The second-order valence-corrected chi connectivity index (χ2v) is 5.89. The van der Waals surface area contributed by atoms with Crippen LogP contribution in [0, 0.1) is 0 Å². The molecule has 1 N–H and O–H groups in total. The van der Waals surface area contributed by atoms with Crippen molar-refractivity contribution in [3.63, 3.8) is 0 Å². The van der Waals surface area contributed by atoms with E-state index in [1.807, 2.05) is 6.92 Å². The fraction of sp³-hybridized carbons (Fsp3) is 0.190. The number of carbonyl (C=O) groups is 2. The van der Waals surface area contributed by atoms with Crippen LogP contribution in [0.5, 0.6) is 17.2 Å². The van der Waals surface area contributed by atoms with E-state index in [4.69, 9.17) is 24.1 Å². The molecule has 8 heteroatoms. The predicted octanol–water partition coefficient (Wildman–Crippen LogP) is 2.90. The van der Waals surface area contributed by atoms with Crippen molar-refractivity contribution in [2.24, 2.45) is 4.99 Å². The number of rotatable bonds is 8. The normalized spacial score (nSPS) is 14.3. The lowest BCUT2D eigenvalue weighted by Gasteiger charge is -2.09. The maximum absolute atomic E-state index is 12.2. The van der Waals surface area contributed by atoms with Crippen LogP contribution in [0.4, 0.5) is 0 Å². The first kappa shape index (κ1) is 19.9. The molecule has 1 heterocycles. The Hall–Kier alpha value is -3.81. The summed E-state index contributed by atoms with van der Waals surface area (Å²) in [6, 6.07) is 11.9. The van der Waals surface area contributed by atoms with Crippen LogP contribution in [0.25, 0.3) is 6.08 Å². The quantitative estimate of drug-likeness (QED) is 0.539. The lowest BCUT2D eigenvalue weighted by atomic mass is 10.1. The lowest BCUT2D eigenvalue weighted by Crippen LogP contribution is -2.10. The summed E-state index contributed by atoms with van der Waals surface area (Å²) in [4.78, 5) is 27.1. The molecule has 1 aliphatic heterocycles. The van der Waals surface area contributed by atoms with Gasteiger partial charge >= 0.3 is 11.9 Å². The third kappa shape index (κ3) is 4.92. The molecule has 0 unspecified atom stereocenters. The van der Waals surface area contributed by atoms with Crippen LogP contribution in [0.2, 0.25) is 0 Å². The molecule has 1 aliphatic rings. The lowest BCUT2D eigenvalue weighted by molar-refractivity contribution is -0.139. The molecule has 150 valence electrons. The smallest absolute Gasteiger partial charge is 0.363 e. The van der Waals surface area contributed by atoms with Crippen molar-refractivity contribution in [3.8, 4) is 17.2 Å². The van der Waals surface area contributed by atoms with Crippen molar-refractivity contribution >= 4 is 23.9 Å². The zero-order valence-corrected chi connectivity index (χ0v) is 15.9. The standard InChI is InChI=1S/C21H19NO7/c1-3-27-15-7-5-14(6-8-15)20-22-16(21(25)29-20)10-13-4-9-17(18(11-13)26-2)28-12-19(23)24/h4-11H,3,12H2,1-2H3,(H,23,24). The van der Waals surface area contributed by atoms with Crippen molar-refractivity contribution in [2.45, 2.75) is 6.92 Å². The summed E-state index contributed by atoms with van der Waals surface area (Å²) < 4.78 is 21.0. The number of hydrogen-bond acceptors (Lipinski definition) is 7. The number of cyclic esters (lactones) is 1. The summed E-state index contributed by atoms with van der Waals surface area (Å²) in [6.07, 6.45) is 1.55. The highest BCUT2D eigenvalue weighted by Crippen LogP contribution is 2.30. The number of benzene rings is 2. The molecule has 0 aliphatic carbocycles. The zero-order chi connectivity index (χ0) is 20.8. The number of methoxy groups -OCH3 is 1. The molecule has 8 nitrogen and oxygen atoms in total. The third-order valence-electron chi connectivity index (χ3n) is 3.87. The average Bonchev–Trinajstić information content (AvgIpc) is 3.08. The van der Waals surface area contributed by atoms with E-state index in [-0.39, 0.29) is 17.3 Å². The average molecular weight is 397 g/mol. The number of carboxylic acids is 1. The zero-order valence-electron chi connectivity index (χ0n) is 15.9. The van der Waals surface area contributed by atoms with E-state index < -0.39 is 18.5 Å². The van der Waals surface area contributed by atoms with Gasteiger partial charge in [0.15, 0.2) is 23.8 Å². The highest BCUT2D eigenvalue weighted by Gasteiger charge is 2.24. The Bertz CT molecular complexity index is 977. The van der Waals surface area contributed by atoms with Gasteiger partial charge in [-0.25, -0.2) is 14.6 Å². The van der Waals surface area contributed by atoms with E-state index >= 15 is 0 Å². The Kier molecular flexibility index (Phi) is 6.13. The summed E-state index contributed by atoms with van der Waals surface area (Å²) in [5, 5.41) is 8.72. The Balaban J connectivity index is 1.82. The highest BCUT2D eigenvalue weighted by molar-refractivity contribution is 6.12. The first-order valence-corrected chi connectivity index (χ1v) is 8.78. The van der Waals surface area contributed by atoms with Gasteiger partial charge in [0.05, 0.1) is 13.7 Å². The molecule has 0 aromatic heterocycles. The SMILES string of the molecule is CCOc1ccc(C2=NC(=Cc3ccc(OCC(=O)O)c(OC)c3)C(=O)O2)cc1. The number of ether oxygens (including phenoxy) is 4. The summed E-state index contributed by atoms with van der Waals surface area (Å²) in [5.41, 5.74) is 1.41. The Labute approximate surface area is 167 Å². The molecule has 3 rings (SSSR count). The van der Waals surface area contributed by atoms with E-state index in [9.17, 15) is 9.59 Å². The van der Waals surface area contributed by atoms with Gasteiger partial charge in [0.1, 0.15) is 5.75 Å². The molecule has 0 atom stereocenters. The van der Waals surface area contributed by atoms with Gasteiger partial charge in [-0.15, -0.1) is 0 Å². The number of aliphatic carboxylic acids is 1. The van der Waals surface area contributed by atoms with Crippen molar-refractivity contribution in [3.05, 3.63) is 59.3 Å². The summed E-state index contributed by atoms with van der Waals surface area (Å²) in [7, 11) is 1.44. The highest BCUT2D eigenvalue weighted by atomic mass is 16.6. The van der Waals surface area contributed by atoms with Gasteiger partial charge < -0.3 is 24.1 Å². The van der Waals surface area contributed by atoms with E-state index in [0.717, 1.165) is 0 Å². The van der Waals surface area contributed by atoms with Crippen LogP contribution < -0.4 is 14.2 Å². The molecule has 29 heavy (non-hydrogen) atoms. The van der Waals surface area contributed by atoms with Crippen molar-refractivity contribution in [1.29, 1.82) is 0 Å². The van der Waals surface area contributed by atoms with Crippen LogP contribution in [-0.4, -0.2) is 43.3 Å². The number of nitrogens with zero attached hydrogens (tertiary/aromatic N) is 1. The molecule has 0 amide bonds. The maximum atomic E-state index is 12.2. The maximum Gasteiger partial charge on any atom is 0.363 e. The first-order chi connectivity index (χ1) is 14.0. The Morgan fingerprint density at radius 1 is 1.14 bits per heavy atom. The van der Waals surface area contributed by atoms with E-state index in [0.29, 0.717) is 29.2 Å². The van der Waals surface area contributed by atoms with Gasteiger partial charge in [-0.3, -0.25) is 0 Å². The largest absolute Gasteiger partial charge is 0.494 e. The van der Waals surface area contributed by atoms with E-state index in [1.54, 1.807) is 48.5 Å². The van der Waals surface area contributed by atoms with Crippen LogP contribution in [0.3, 0.4) is 0 Å². The molecule has 0 saturated heterocycles. The van der Waals surface area contributed by atoms with Crippen LogP contribution in [0.1, 0.15) is 18.1 Å². The number of hydrogen-bond donors (Lipinski definition) is 1. The molecular weight excluding hydrogens is 378 g/mol. The summed E-state index contributed by atoms with van der Waals surface area (Å²) in [5.74, 6) is -0.124. The summed E-state index contributed by atoms with van der Waals surface area (Å²) in [6.45, 7) is 1.97. The van der Waals surface area contributed by atoms with Crippen molar-refractivity contribution in [1.82, 2.24) is 0 Å². The molecule has 2 aromatic rings. The van der Waals surface area contributed by atoms with Gasteiger partial charge in [0, 0.05) is 5.56 Å².